The van der Waals surface area contributed by atoms with Crippen molar-refractivity contribution in [2.24, 2.45) is 0 Å². The Hall–Kier alpha value is -4.92. The maximum atomic E-state index is 14.0. The van der Waals surface area contributed by atoms with Gasteiger partial charge in [0.05, 0.1) is 17.0 Å². The minimum Gasteiger partial charge on any atom is -0.478 e. The molecule has 0 amide bonds. The Morgan fingerprint density at radius 3 is 2.47 bits per heavy atom. The van der Waals surface area contributed by atoms with Gasteiger partial charge in [0.15, 0.2) is 0 Å². The number of para-hydroxylation sites is 1. The molecule has 0 bridgehead atoms. The van der Waals surface area contributed by atoms with Gasteiger partial charge in [0.25, 0.3) is 5.89 Å². The van der Waals surface area contributed by atoms with Crippen molar-refractivity contribution in [1.82, 2.24) is 10.2 Å². The van der Waals surface area contributed by atoms with Gasteiger partial charge in [-0.2, -0.15) is 0 Å². The molecule has 1 atom stereocenters. The van der Waals surface area contributed by atoms with Gasteiger partial charge in [-0.1, -0.05) is 42.5 Å². The molecule has 0 spiro atoms. The molecule has 0 saturated carbocycles. The van der Waals surface area contributed by atoms with Crippen molar-refractivity contribution in [2.45, 2.75) is 33.0 Å². The number of hydrogen-bond acceptors (Lipinski definition) is 8. The standard InChI is InChI=1S/C29H24N4O5/c1-16-11-21(17(2)31-23-10-6-5-9-20(23)29(35)36)26-22(12-16)25(34)24(27-32-30-15-37-27)28(38-26)33-13-18-7-3-4-8-19(18)14-33/h3-12,15,17,31H,13-14H2,1-2H3,(H,35,36)/t17-/m1/s1. The number of nitrogens with zero attached hydrogens (tertiary/aromatic N) is 3. The molecule has 1 aliphatic rings. The van der Waals surface area contributed by atoms with E-state index in [1.165, 1.54) is 6.39 Å². The van der Waals surface area contributed by atoms with Crippen LogP contribution in [0.3, 0.4) is 0 Å². The maximum absolute atomic E-state index is 14.0. The molecule has 38 heavy (non-hydrogen) atoms. The summed E-state index contributed by atoms with van der Waals surface area (Å²) in [6.07, 6.45) is 1.19. The largest absolute Gasteiger partial charge is 0.478 e. The number of aryl methyl sites for hydroxylation is 1. The number of carbonyl (C=O) groups is 1. The molecule has 0 radical (unpaired) electrons. The Morgan fingerprint density at radius 2 is 1.79 bits per heavy atom. The fourth-order valence-corrected chi connectivity index (χ4v) is 5.06. The number of fused-ring (bicyclic) bond motifs is 2. The highest BCUT2D eigenvalue weighted by Gasteiger charge is 2.30. The lowest BCUT2D eigenvalue weighted by atomic mass is 9.99. The SMILES string of the molecule is Cc1cc([C@@H](C)Nc2ccccc2C(=O)O)c2oc(N3Cc4ccccc4C3)c(-c3nnco3)c(=O)c2c1. The molecule has 0 unspecified atom stereocenters. The predicted octanol–water partition coefficient (Wildman–Crippen LogP) is 5.54. The molecule has 2 aromatic heterocycles. The summed E-state index contributed by atoms with van der Waals surface area (Å²) in [6.45, 7) is 4.93. The van der Waals surface area contributed by atoms with Gasteiger partial charge in [-0.15, -0.1) is 10.2 Å². The summed E-state index contributed by atoms with van der Waals surface area (Å²) in [5.41, 5.74) is 4.88. The first kappa shape index (κ1) is 23.5. The van der Waals surface area contributed by atoms with E-state index in [0.29, 0.717) is 35.6 Å². The number of hydrogen-bond donors (Lipinski definition) is 2. The van der Waals surface area contributed by atoms with Crippen molar-refractivity contribution in [3.63, 3.8) is 0 Å². The summed E-state index contributed by atoms with van der Waals surface area (Å²) in [7, 11) is 0. The highest BCUT2D eigenvalue weighted by molar-refractivity contribution is 5.94. The Bertz CT molecular complexity index is 1720. The van der Waals surface area contributed by atoms with Crippen LogP contribution in [0.1, 0.15) is 45.6 Å². The zero-order valence-corrected chi connectivity index (χ0v) is 20.8. The van der Waals surface area contributed by atoms with E-state index in [-0.39, 0.29) is 28.5 Å². The lowest BCUT2D eigenvalue weighted by Gasteiger charge is -2.22. The number of benzene rings is 3. The Kier molecular flexibility index (Phi) is 5.68. The molecule has 0 fully saturated rings. The molecule has 1 aliphatic heterocycles. The monoisotopic (exact) mass is 508 g/mol. The summed E-state index contributed by atoms with van der Waals surface area (Å²) < 4.78 is 12.0. The van der Waals surface area contributed by atoms with Gasteiger partial charge in [-0.25, -0.2) is 4.79 Å². The first-order valence-electron chi connectivity index (χ1n) is 12.2. The summed E-state index contributed by atoms with van der Waals surface area (Å²) in [6, 6.07) is 18.2. The molecule has 9 nitrogen and oxygen atoms in total. The quantitative estimate of drug-likeness (QED) is 0.304. The number of aromatic nitrogens is 2. The van der Waals surface area contributed by atoms with Crippen molar-refractivity contribution in [1.29, 1.82) is 0 Å². The first-order valence-corrected chi connectivity index (χ1v) is 12.2. The molecule has 2 N–H and O–H groups in total. The van der Waals surface area contributed by atoms with Crippen LogP contribution >= 0.6 is 0 Å². The molecule has 0 aliphatic carbocycles. The van der Waals surface area contributed by atoms with Crippen LogP contribution in [0, 0.1) is 6.92 Å². The van der Waals surface area contributed by atoms with E-state index in [4.69, 9.17) is 8.83 Å². The van der Waals surface area contributed by atoms with Crippen molar-refractivity contribution < 1.29 is 18.7 Å². The van der Waals surface area contributed by atoms with Crippen molar-refractivity contribution in [3.05, 3.63) is 105 Å². The number of rotatable bonds is 6. The molecule has 0 saturated heterocycles. The van der Waals surface area contributed by atoms with Gasteiger partial charge in [0, 0.05) is 24.3 Å². The second kappa shape index (κ2) is 9.19. The number of nitrogens with one attached hydrogen (secondary N) is 1. The molecular weight excluding hydrogens is 484 g/mol. The predicted molar refractivity (Wildman–Crippen MR) is 142 cm³/mol. The smallest absolute Gasteiger partial charge is 0.337 e. The number of carboxylic acid groups (broad SMARTS) is 1. The maximum Gasteiger partial charge on any atom is 0.337 e. The minimum absolute atomic E-state index is 0.0937. The molecule has 6 rings (SSSR count). The van der Waals surface area contributed by atoms with Crippen LogP contribution in [0.4, 0.5) is 11.6 Å². The van der Waals surface area contributed by atoms with Crippen LogP contribution in [0.5, 0.6) is 0 Å². The second-order valence-electron chi connectivity index (χ2n) is 9.43. The number of carboxylic acids is 1. The van der Waals surface area contributed by atoms with Gasteiger partial charge < -0.3 is 24.2 Å². The summed E-state index contributed by atoms with van der Waals surface area (Å²) in [4.78, 5) is 27.7. The molecular formula is C29H24N4O5. The fourth-order valence-electron chi connectivity index (χ4n) is 5.06. The Morgan fingerprint density at radius 1 is 1.08 bits per heavy atom. The van der Waals surface area contributed by atoms with E-state index in [0.717, 1.165) is 22.3 Å². The summed E-state index contributed by atoms with van der Waals surface area (Å²) >= 11 is 0. The third kappa shape index (κ3) is 3.98. The topological polar surface area (TPSA) is 122 Å². The third-order valence-corrected chi connectivity index (χ3v) is 6.84. The second-order valence-corrected chi connectivity index (χ2v) is 9.43. The Labute approximate surface area is 217 Å². The number of anilines is 2. The average Bonchev–Trinajstić information content (AvgIpc) is 3.59. The van der Waals surface area contributed by atoms with Crippen molar-refractivity contribution in [2.75, 3.05) is 10.2 Å². The van der Waals surface area contributed by atoms with Crippen LogP contribution in [0.25, 0.3) is 22.4 Å². The zero-order chi connectivity index (χ0) is 26.4. The van der Waals surface area contributed by atoms with Gasteiger partial charge in [0.1, 0.15) is 11.1 Å². The lowest BCUT2D eigenvalue weighted by molar-refractivity contribution is 0.0698. The fraction of sp³-hybridized carbons (Fsp3) is 0.172. The lowest BCUT2D eigenvalue weighted by Crippen LogP contribution is -2.20. The molecule has 5 aromatic rings. The van der Waals surface area contributed by atoms with E-state index in [1.54, 1.807) is 30.3 Å². The first-order chi connectivity index (χ1) is 18.4. The van der Waals surface area contributed by atoms with Crippen LogP contribution in [-0.2, 0) is 13.1 Å². The van der Waals surface area contributed by atoms with Gasteiger partial charge in [-0.3, -0.25) is 4.79 Å². The van der Waals surface area contributed by atoms with Gasteiger partial charge in [-0.05, 0) is 48.7 Å². The van der Waals surface area contributed by atoms with Crippen LogP contribution < -0.4 is 15.6 Å². The summed E-state index contributed by atoms with van der Waals surface area (Å²) in [5.74, 6) is -0.580. The van der Waals surface area contributed by atoms with Gasteiger partial charge >= 0.3 is 5.97 Å². The van der Waals surface area contributed by atoms with Gasteiger partial charge in [0.2, 0.25) is 17.7 Å². The van der Waals surface area contributed by atoms with Crippen molar-refractivity contribution >= 4 is 28.5 Å². The highest BCUT2D eigenvalue weighted by atomic mass is 16.4. The van der Waals surface area contributed by atoms with E-state index < -0.39 is 5.97 Å². The molecule has 190 valence electrons. The highest BCUT2D eigenvalue weighted by Crippen LogP contribution is 2.38. The van der Waals surface area contributed by atoms with E-state index in [1.807, 2.05) is 36.9 Å². The van der Waals surface area contributed by atoms with Crippen LogP contribution in [-0.4, -0.2) is 21.3 Å². The van der Waals surface area contributed by atoms with Crippen molar-refractivity contribution in [3.8, 4) is 11.5 Å². The Balaban J connectivity index is 1.53. The van der Waals surface area contributed by atoms with Crippen LogP contribution in [0.2, 0.25) is 0 Å². The normalized spacial score (nSPS) is 13.5. The van der Waals surface area contributed by atoms with E-state index in [2.05, 4.69) is 27.6 Å². The van der Waals surface area contributed by atoms with E-state index >= 15 is 0 Å². The molecule has 9 heteroatoms. The number of aromatic carboxylic acids is 1. The summed E-state index contributed by atoms with van der Waals surface area (Å²) in [5, 5.41) is 21.1. The molecule has 3 aromatic carbocycles. The van der Waals surface area contributed by atoms with E-state index in [9.17, 15) is 14.7 Å². The molecule has 3 heterocycles. The zero-order valence-electron chi connectivity index (χ0n) is 20.8. The minimum atomic E-state index is -1.03. The average molecular weight is 509 g/mol. The van der Waals surface area contributed by atoms with Crippen LogP contribution in [0.15, 0.2) is 80.7 Å². The third-order valence-electron chi connectivity index (χ3n) is 6.84.